The maximum atomic E-state index is 13.5. The van der Waals surface area contributed by atoms with E-state index >= 15 is 0 Å². The van der Waals surface area contributed by atoms with Crippen LogP contribution in [0, 0.1) is 13.8 Å². The number of alkyl halides is 6. The van der Waals surface area contributed by atoms with Crippen LogP contribution >= 0.6 is 0 Å². The predicted octanol–water partition coefficient (Wildman–Crippen LogP) is 8.86. The third-order valence-corrected chi connectivity index (χ3v) is 8.95. The molecule has 0 saturated heterocycles. The van der Waals surface area contributed by atoms with Crippen molar-refractivity contribution in [2.45, 2.75) is 32.3 Å². The van der Waals surface area contributed by atoms with Crippen LogP contribution in [0.1, 0.15) is 55.4 Å². The van der Waals surface area contributed by atoms with E-state index in [1.54, 1.807) is 0 Å². The van der Waals surface area contributed by atoms with Crippen molar-refractivity contribution in [1.29, 1.82) is 0 Å². The summed E-state index contributed by atoms with van der Waals surface area (Å²) in [6.45, 7) is 2.96. The predicted molar refractivity (Wildman–Crippen MR) is 177 cm³/mol. The monoisotopic (exact) mass is 724 g/mol. The molecule has 6 aromatic rings. The summed E-state index contributed by atoms with van der Waals surface area (Å²) in [5.74, 6) is -5.51. The fourth-order valence-electron chi connectivity index (χ4n) is 6.40. The van der Waals surface area contributed by atoms with Gasteiger partial charge in [-0.15, -0.1) is 0 Å². The zero-order valence-corrected chi connectivity index (χ0v) is 26.8. The Labute approximate surface area is 289 Å². The van der Waals surface area contributed by atoms with Gasteiger partial charge in [-0.25, -0.2) is 0 Å². The lowest BCUT2D eigenvalue weighted by molar-refractivity contribution is -0.138. The van der Waals surface area contributed by atoms with Gasteiger partial charge in [0.1, 0.15) is 17.6 Å². The molecule has 268 valence electrons. The first kappa shape index (κ1) is 35.7. The number of rotatable bonds is 5. The first-order valence-corrected chi connectivity index (χ1v) is 15.2. The van der Waals surface area contributed by atoms with Crippen LogP contribution in [0.3, 0.4) is 0 Å². The van der Waals surface area contributed by atoms with Gasteiger partial charge in [0.25, 0.3) is 0 Å². The summed E-state index contributed by atoms with van der Waals surface area (Å²) >= 11 is 0. The standard InChI is InChI=1S/C38H26F6O8/c1-15-11-21-23(13-25(45)35(51)29(21)31(47)17-3-7-19(8-4-17)37(39,40)41)33(49)27(15)28-16(2)12-22-24(34(28)50)14-26(46)36(52)30(22)32(48)18-5-9-20(10-6-18)38(42,43)44/h3-14,31,45-47,49-52H,1-2H3. The lowest BCUT2D eigenvalue weighted by atomic mass is 9.85. The van der Waals surface area contributed by atoms with Crippen molar-refractivity contribution in [3.8, 4) is 45.6 Å². The molecule has 52 heavy (non-hydrogen) atoms. The Morgan fingerprint density at radius 1 is 0.558 bits per heavy atom. The molecule has 0 spiro atoms. The van der Waals surface area contributed by atoms with Crippen LogP contribution in [0.4, 0.5) is 26.3 Å². The molecule has 0 aliphatic heterocycles. The summed E-state index contributed by atoms with van der Waals surface area (Å²) in [5.41, 5.74) is -2.89. The summed E-state index contributed by atoms with van der Waals surface area (Å²) in [6.07, 6.45) is -11.1. The highest BCUT2D eigenvalue weighted by atomic mass is 19.4. The van der Waals surface area contributed by atoms with Crippen molar-refractivity contribution in [2.75, 3.05) is 0 Å². The number of fused-ring (bicyclic) bond motifs is 2. The molecule has 0 bridgehead atoms. The number of aliphatic hydroxyl groups excluding tert-OH is 1. The second kappa shape index (κ2) is 12.3. The molecule has 14 heteroatoms. The Bertz CT molecular complexity index is 2430. The maximum absolute atomic E-state index is 13.5. The lowest BCUT2D eigenvalue weighted by Gasteiger charge is -2.22. The minimum Gasteiger partial charge on any atom is -0.507 e. The quantitative estimate of drug-likeness (QED) is 0.0528. The summed E-state index contributed by atoms with van der Waals surface area (Å²) in [7, 11) is 0. The number of phenols is 6. The van der Waals surface area contributed by atoms with Gasteiger partial charge >= 0.3 is 12.4 Å². The van der Waals surface area contributed by atoms with E-state index in [0.717, 1.165) is 48.5 Å². The lowest BCUT2D eigenvalue weighted by Crippen LogP contribution is -2.07. The van der Waals surface area contributed by atoms with Crippen molar-refractivity contribution in [1.82, 2.24) is 0 Å². The second-order valence-corrected chi connectivity index (χ2v) is 12.2. The Kier molecular flexibility index (Phi) is 8.41. The van der Waals surface area contributed by atoms with E-state index in [1.165, 1.54) is 26.0 Å². The topological polar surface area (TPSA) is 159 Å². The maximum Gasteiger partial charge on any atom is 0.416 e. The van der Waals surface area contributed by atoms with E-state index in [9.17, 15) is 66.9 Å². The Balaban J connectivity index is 1.53. The summed E-state index contributed by atoms with van der Waals surface area (Å²) in [4.78, 5) is 13.5. The minimum absolute atomic E-state index is 0.00799. The number of hydrogen-bond acceptors (Lipinski definition) is 8. The molecule has 7 N–H and O–H groups in total. The average molecular weight is 725 g/mol. The molecule has 0 aliphatic carbocycles. The van der Waals surface area contributed by atoms with Gasteiger partial charge in [0.05, 0.1) is 16.7 Å². The summed E-state index contributed by atoms with van der Waals surface area (Å²) in [5, 5.41) is 76.8. The van der Waals surface area contributed by atoms with Crippen LogP contribution in [0.15, 0.2) is 72.8 Å². The van der Waals surface area contributed by atoms with Gasteiger partial charge in [-0.05, 0) is 78.4 Å². The first-order chi connectivity index (χ1) is 24.2. The highest BCUT2D eigenvalue weighted by Crippen LogP contribution is 2.52. The number of halogens is 6. The van der Waals surface area contributed by atoms with Gasteiger partial charge in [-0.2, -0.15) is 26.3 Å². The molecular formula is C38H26F6O8. The number of carbonyl (C=O) groups excluding carboxylic acids is 1. The molecule has 0 amide bonds. The van der Waals surface area contributed by atoms with E-state index in [-0.39, 0.29) is 60.5 Å². The normalized spacial score (nSPS) is 12.8. The Hall–Kier alpha value is -6.15. The number of ketones is 1. The van der Waals surface area contributed by atoms with Crippen LogP contribution < -0.4 is 0 Å². The molecule has 8 nitrogen and oxygen atoms in total. The number of benzene rings is 6. The van der Waals surface area contributed by atoms with Gasteiger partial charge in [-0.3, -0.25) is 4.79 Å². The molecule has 0 aromatic heterocycles. The summed E-state index contributed by atoms with van der Waals surface area (Å²) in [6, 6.07) is 11.2. The van der Waals surface area contributed by atoms with Crippen molar-refractivity contribution < 1.29 is 66.9 Å². The molecule has 0 radical (unpaired) electrons. The number of aryl methyl sites for hydroxylation is 2. The van der Waals surface area contributed by atoms with Gasteiger partial charge in [0, 0.05) is 38.4 Å². The molecule has 1 unspecified atom stereocenters. The number of hydrogen-bond donors (Lipinski definition) is 7. The zero-order chi connectivity index (χ0) is 38.2. The van der Waals surface area contributed by atoms with Crippen molar-refractivity contribution in [3.63, 3.8) is 0 Å². The number of carbonyl (C=O) groups is 1. The molecule has 6 rings (SSSR count). The SMILES string of the molecule is Cc1cc2c(C(=O)c3ccc(C(F)(F)F)cc3)c(O)c(O)cc2c(O)c1-c1c(C)cc2c(C(O)c3ccc(C(F)(F)F)cc3)c(O)c(O)cc2c1O. The van der Waals surface area contributed by atoms with Gasteiger partial charge in [-0.1, -0.05) is 30.3 Å². The van der Waals surface area contributed by atoms with Gasteiger partial charge in [0.2, 0.25) is 0 Å². The molecular weight excluding hydrogens is 698 g/mol. The molecule has 0 fully saturated rings. The van der Waals surface area contributed by atoms with E-state index < -0.39 is 75.4 Å². The third-order valence-electron chi connectivity index (χ3n) is 8.95. The molecule has 0 aliphatic rings. The fraction of sp³-hybridized carbons (Fsp3) is 0.132. The van der Waals surface area contributed by atoms with E-state index in [2.05, 4.69) is 0 Å². The van der Waals surface area contributed by atoms with Crippen LogP contribution in [0.2, 0.25) is 0 Å². The van der Waals surface area contributed by atoms with E-state index in [1.807, 2.05) is 0 Å². The van der Waals surface area contributed by atoms with Crippen LogP contribution in [0.5, 0.6) is 34.5 Å². The Morgan fingerprint density at radius 2 is 0.981 bits per heavy atom. The zero-order valence-electron chi connectivity index (χ0n) is 26.8. The van der Waals surface area contributed by atoms with Crippen molar-refractivity contribution >= 4 is 27.3 Å². The number of phenolic OH excluding ortho intramolecular Hbond substituents is 6. The van der Waals surface area contributed by atoms with Gasteiger partial charge < -0.3 is 35.7 Å². The average Bonchev–Trinajstić information content (AvgIpc) is 3.07. The fourth-order valence-corrected chi connectivity index (χ4v) is 6.40. The smallest absolute Gasteiger partial charge is 0.416 e. The highest BCUT2D eigenvalue weighted by molar-refractivity contribution is 6.20. The molecule has 1 atom stereocenters. The van der Waals surface area contributed by atoms with Gasteiger partial charge in [0.15, 0.2) is 28.8 Å². The molecule has 6 aromatic carbocycles. The Morgan fingerprint density at radius 3 is 1.46 bits per heavy atom. The largest absolute Gasteiger partial charge is 0.507 e. The summed E-state index contributed by atoms with van der Waals surface area (Å²) < 4.78 is 78.8. The van der Waals surface area contributed by atoms with Crippen LogP contribution in [-0.2, 0) is 12.4 Å². The molecule has 0 heterocycles. The van der Waals surface area contributed by atoms with Crippen LogP contribution in [0.25, 0.3) is 32.7 Å². The van der Waals surface area contributed by atoms with E-state index in [0.29, 0.717) is 12.1 Å². The second-order valence-electron chi connectivity index (χ2n) is 12.2. The molecule has 0 saturated carbocycles. The van der Waals surface area contributed by atoms with Crippen molar-refractivity contribution in [2.24, 2.45) is 0 Å². The minimum atomic E-state index is -4.68. The first-order valence-electron chi connectivity index (χ1n) is 15.2. The van der Waals surface area contributed by atoms with Crippen LogP contribution in [-0.4, -0.2) is 41.5 Å². The van der Waals surface area contributed by atoms with E-state index in [4.69, 9.17) is 0 Å². The number of aromatic hydroxyl groups is 6. The third kappa shape index (κ3) is 5.80. The van der Waals surface area contributed by atoms with Crippen molar-refractivity contribution in [3.05, 3.63) is 117 Å². The number of aliphatic hydroxyl groups is 1. The highest BCUT2D eigenvalue weighted by Gasteiger charge is 2.33.